The van der Waals surface area contributed by atoms with Crippen molar-refractivity contribution in [2.24, 2.45) is 0 Å². The molecule has 1 aromatic rings. The molecule has 5 heteroatoms. The summed E-state index contributed by atoms with van der Waals surface area (Å²) in [4.78, 5) is 15.5. The number of amides is 1. The summed E-state index contributed by atoms with van der Waals surface area (Å²) in [7, 11) is 3.50. The fourth-order valence-electron chi connectivity index (χ4n) is 1.85. The van der Waals surface area contributed by atoms with Crippen LogP contribution in [-0.4, -0.2) is 43.1 Å². The van der Waals surface area contributed by atoms with Gasteiger partial charge in [0.15, 0.2) is 0 Å². The molecule has 0 aliphatic carbocycles. The van der Waals surface area contributed by atoms with E-state index >= 15 is 0 Å². The van der Waals surface area contributed by atoms with E-state index in [4.69, 9.17) is 0 Å². The lowest BCUT2D eigenvalue weighted by Crippen LogP contribution is -2.37. The summed E-state index contributed by atoms with van der Waals surface area (Å²) in [6, 6.07) is 5.75. The minimum Gasteiger partial charge on any atom is -0.392 e. The SMILES string of the molecule is CCCN(CC(=O)N(C)C)c1ccc(Br)cc1CO. The highest BCUT2D eigenvalue weighted by molar-refractivity contribution is 9.10. The monoisotopic (exact) mass is 328 g/mol. The van der Waals surface area contributed by atoms with Crippen molar-refractivity contribution in [1.29, 1.82) is 0 Å². The third-order valence-electron chi connectivity index (χ3n) is 2.87. The summed E-state index contributed by atoms with van der Waals surface area (Å²) in [5, 5.41) is 9.46. The van der Waals surface area contributed by atoms with Gasteiger partial charge in [-0.2, -0.15) is 0 Å². The molecular formula is C14H21BrN2O2. The number of benzene rings is 1. The van der Waals surface area contributed by atoms with Crippen LogP contribution in [0.25, 0.3) is 0 Å². The van der Waals surface area contributed by atoms with Crippen molar-refractivity contribution >= 4 is 27.5 Å². The Morgan fingerprint density at radius 3 is 2.58 bits per heavy atom. The van der Waals surface area contributed by atoms with Crippen molar-refractivity contribution in [3.63, 3.8) is 0 Å². The summed E-state index contributed by atoms with van der Waals surface area (Å²) in [5.41, 5.74) is 1.75. The summed E-state index contributed by atoms with van der Waals surface area (Å²) in [5.74, 6) is 0.0558. The number of hydrogen-bond donors (Lipinski definition) is 1. The molecule has 0 atom stereocenters. The van der Waals surface area contributed by atoms with E-state index < -0.39 is 0 Å². The van der Waals surface area contributed by atoms with Crippen LogP contribution in [0.15, 0.2) is 22.7 Å². The second-order valence-corrected chi connectivity index (χ2v) is 5.56. The molecule has 0 bridgehead atoms. The molecule has 0 aliphatic heterocycles. The van der Waals surface area contributed by atoms with Crippen LogP contribution in [0.4, 0.5) is 5.69 Å². The lowest BCUT2D eigenvalue weighted by Gasteiger charge is -2.27. The average molecular weight is 329 g/mol. The first kappa shape index (κ1) is 16.0. The van der Waals surface area contributed by atoms with Crippen molar-refractivity contribution in [2.75, 3.05) is 32.1 Å². The van der Waals surface area contributed by atoms with Crippen LogP contribution >= 0.6 is 15.9 Å². The number of rotatable bonds is 6. The van der Waals surface area contributed by atoms with E-state index in [9.17, 15) is 9.90 Å². The molecular weight excluding hydrogens is 308 g/mol. The van der Waals surface area contributed by atoms with E-state index in [2.05, 4.69) is 22.9 Å². The van der Waals surface area contributed by atoms with Gasteiger partial charge < -0.3 is 14.9 Å². The minimum absolute atomic E-state index is 0.0366. The molecule has 0 radical (unpaired) electrons. The standard InChI is InChI=1S/C14H21BrN2O2/c1-4-7-17(9-14(19)16(2)3)13-6-5-12(15)8-11(13)10-18/h5-6,8,18H,4,7,9-10H2,1-3H3. The molecule has 0 fully saturated rings. The molecule has 0 unspecified atom stereocenters. The van der Waals surface area contributed by atoms with Crippen LogP contribution in [0.3, 0.4) is 0 Å². The number of likely N-dealkylation sites (N-methyl/N-ethyl adjacent to an activating group) is 1. The highest BCUT2D eigenvalue weighted by Gasteiger charge is 2.15. The maximum atomic E-state index is 11.9. The van der Waals surface area contributed by atoms with Crippen molar-refractivity contribution in [3.8, 4) is 0 Å². The molecule has 0 saturated heterocycles. The van der Waals surface area contributed by atoms with Gasteiger partial charge in [0.1, 0.15) is 0 Å². The molecule has 0 spiro atoms. The topological polar surface area (TPSA) is 43.8 Å². The summed E-state index contributed by atoms with van der Waals surface area (Å²) >= 11 is 3.39. The third kappa shape index (κ3) is 4.51. The summed E-state index contributed by atoms with van der Waals surface area (Å²) < 4.78 is 0.927. The Morgan fingerprint density at radius 1 is 1.37 bits per heavy atom. The number of aliphatic hydroxyl groups excluding tert-OH is 1. The number of aliphatic hydroxyl groups is 1. The molecule has 1 rings (SSSR count). The smallest absolute Gasteiger partial charge is 0.241 e. The van der Waals surface area contributed by atoms with E-state index in [1.165, 1.54) is 0 Å². The van der Waals surface area contributed by atoms with E-state index in [-0.39, 0.29) is 12.5 Å². The Balaban J connectivity index is 3.01. The van der Waals surface area contributed by atoms with Crippen LogP contribution in [0, 0.1) is 0 Å². The molecule has 0 heterocycles. The van der Waals surface area contributed by atoms with Gasteiger partial charge in [0.25, 0.3) is 0 Å². The van der Waals surface area contributed by atoms with Gasteiger partial charge in [-0.05, 0) is 24.6 Å². The van der Waals surface area contributed by atoms with Crippen molar-refractivity contribution in [3.05, 3.63) is 28.2 Å². The normalized spacial score (nSPS) is 10.4. The number of nitrogens with zero attached hydrogens (tertiary/aromatic N) is 2. The van der Waals surface area contributed by atoms with E-state index in [0.29, 0.717) is 6.54 Å². The van der Waals surface area contributed by atoms with Gasteiger partial charge in [-0.15, -0.1) is 0 Å². The molecule has 4 nitrogen and oxygen atoms in total. The van der Waals surface area contributed by atoms with Crippen LogP contribution in [0.5, 0.6) is 0 Å². The second-order valence-electron chi connectivity index (χ2n) is 4.64. The first-order chi connectivity index (χ1) is 8.99. The molecule has 0 aliphatic rings. The van der Waals surface area contributed by atoms with E-state index in [1.807, 2.05) is 23.1 Å². The largest absolute Gasteiger partial charge is 0.392 e. The lowest BCUT2D eigenvalue weighted by molar-refractivity contribution is -0.127. The number of halogens is 1. The Hall–Kier alpha value is -1.07. The maximum absolute atomic E-state index is 11.9. The van der Waals surface area contributed by atoms with Crippen LogP contribution in [0.2, 0.25) is 0 Å². The Bertz CT molecular complexity index is 435. The Labute approximate surface area is 123 Å². The molecule has 106 valence electrons. The number of carbonyl (C=O) groups excluding carboxylic acids is 1. The Morgan fingerprint density at radius 2 is 2.05 bits per heavy atom. The van der Waals surface area contributed by atoms with Crippen LogP contribution in [-0.2, 0) is 11.4 Å². The number of carbonyl (C=O) groups is 1. The minimum atomic E-state index is -0.0366. The van der Waals surface area contributed by atoms with Gasteiger partial charge in [-0.1, -0.05) is 22.9 Å². The molecule has 1 N–H and O–H groups in total. The highest BCUT2D eigenvalue weighted by Crippen LogP contribution is 2.25. The van der Waals surface area contributed by atoms with Gasteiger partial charge >= 0.3 is 0 Å². The first-order valence-corrected chi connectivity index (χ1v) is 7.13. The number of anilines is 1. The van der Waals surface area contributed by atoms with Crippen molar-refractivity contribution in [1.82, 2.24) is 4.90 Å². The van der Waals surface area contributed by atoms with Crippen molar-refractivity contribution in [2.45, 2.75) is 20.0 Å². The van der Waals surface area contributed by atoms with Crippen LogP contribution < -0.4 is 4.90 Å². The predicted octanol–water partition coefficient (Wildman–Crippen LogP) is 2.25. The zero-order valence-electron chi connectivity index (χ0n) is 11.7. The quantitative estimate of drug-likeness (QED) is 0.871. The Kier molecular flexibility index (Phi) is 6.31. The van der Waals surface area contributed by atoms with E-state index in [0.717, 1.165) is 28.7 Å². The van der Waals surface area contributed by atoms with E-state index in [1.54, 1.807) is 19.0 Å². The number of hydrogen-bond acceptors (Lipinski definition) is 3. The predicted molar refractivity (Wildman–Crippen MR) is 81.3 cm³/mol. The van der Waals surface area contributed by atoms with Gasteiger partial charge in [-0.3, -0.25) is 4.79 Å². The van der Waals surface area contributed by atoms with Gasteiger partial charge in [-0.25, -0.2) is 0 Å². The molecule has 0 aromatic heterocycles. The lowest BCUT2D eigenvalue weighted by atomic mass is 10.1. The van der Waals surface area contributed by atoms with Crippen LogP contribution in [0.1, 0.15) is 18.9 Å². The second kappa shape index (κ2) is 7.50. The zero-order valence-corrected chi connectivity index (χ0v) is 13.3. The van der Waals surface area contributed by atoms with Gasteiger partial charge in [0, 0.05) is 36.4 Å². The average Bonchev–Trinajstić information content (AvgIpc) is 2.37. The van der Waals surface area contributed by atoms with Gasteiger partial charge in [0.2, 0.25) is 5.91 Å². The highest BCUT2D eigenvalue weighted by atomic mass is 79.9. The summed E-state index contributed by atoms with van der Waals surface area (Å²) in [6.45, 7) is 3.15. The fraction of sp³-hybridized carbons (Fsp3) is 0.500. The molecule has 19 heavy (non-hydrogen) atoms. The van der Waals surface area contributed by atoms with Crippen molar-refractivity contribution < 1.29 is 9.90 Å². The molecule has 1 amide bonds. The molecule has 1 aromatic carbocycles. The maximum Gasteiger partial charge on any atom is 0.241 e. The third-order valence-corrected chi connectivity index (χ3v) is 3.36. The zero-order chi connectivity index (χ0) is 14.4. The first-order valence-electron chi connectivity index (χ1n) is 6.34. The summed E-state index contributed by atoms with van der Waals surface area (Å²) in [6.07, 6.45) is 0.946. The fourth-order valence-corrected chi connectivity index (χ4v) is 2.26. The molecule has 0 saturated carbocycles. The van der Waals surface area contributed by atoms with Gasteiger partial charge in [0.05, 0.1) is 13.2 Å².